The average molecular weight is 143 g/mol. The van der Waals surface area contributed by atoms with E-state index in [1.807, 2.05) is 13.8 Å². The van der Waals surface area contributed by atoms with E-state index in [1.165, 1.54) is 0 Å². The van der Waals surface area contributed by atoms with E-state index in [1.54, 1.807) is 0 Å². The van der Waals surface area contributed by atoms with Gasteiger partial charge in [-0.1, -0.05) is 6.92 Å². The van der Waals surface area contributed by atoms with Gasteiger partial charge in [-0.05, 0) is 6.92 Å². The fraction of sp³-hybridized carbons (Fsp3) is 0.857. The maximum Gasteiger partial charge on any atom is 0.225 e. The first kappa shape index (κ1) is 7.54. The summed E-state index contributed by atoms with van der Waals surface area (Å²) in [7, 11) is 0. The van der Waals surface area contributed by atoms with Crippen LogP contribution in [0.3, 0.4) is 0 Å². The maximum absolute atomic E-state index is 11.0. The van der Waals surface area contributed by atoms with Crippen LogP contribution in [0.2, 0.25) is 0 Å². The van der Waals surface area contributed by atoms with Gasteiger partial charge in [-0.25, -0.2) is 0 Å². The molecule has 2 unspecified atom stereocenters. The first-order valence-corrected chi connectivity index (χ1v) is 3.61. The quantitative estimate of drug-likeness (QED) is 0.524. The van der Waals surface area contributed by atoms with E-state index < -0.39 is 0 Å². The molecule has 3 nitrogen and oxygen atoms in total. The summed E-state index contributed by atoms with van der Waals surface area (Å²) in [4.78, 5) is 11.0. The van der Waals surface area contributed by atoms with Crippen LogP contribution in [-0.4, -0.2) is 25.2 Å². The third-order valence-corrected chi connectivity index (χ3v) is 1.90. The van der Waals surface area contributed by atoms with Crippen LogP contribution in [0.1, 0.15) is 13.8 Å². The molecule has 58 valence electrons. The number of hydrogen-bond donors (Lipinski definition) is 1. The van der Waals surface area contributed by atoms with E-state index in [-0.39, 0.29) is 17.9 Å². The molecule has 0 saturated carbocycles. The molecule has 1 fully saturated rings. The zero-order valence-corrected chi connectivity index (χ0v) is 6.39. The molecule has 10 heavy (non-hydrogen) atoms. The molecule has 1 heterocycles. The lowest BCUT2D eigenvalue weighted by Gasteiger charge is -2.13. The van der Waals surface area contributed by atoms with Crippen molar-refractivity contribution in [3.63, 3.8) is 0 Å². The van der Waals surface area contributed by atoms with Gasteiger partial charge in [0.2, 0.25) is 5.91 Å². The first-order valence-electron chi connectivity index (χ1n) is 3.61. The maximum atomic E-state index is 11.0. The molecule has 1 N–H and O–H groups in total. The Morgan fingerprint density at radius 3 is 3.00 bits per heavy atom. The molecule has 1 rings (SSSR count). The number of ether oxygens (including phenoxy) is 1. The van der Waals surface area contributed by atoms with Gasteiger partial charge in [0.1, 0.15) is 0 Å². The van der Waals surface area contributed by atoms with Crippen LogP contribution in [0.25, 0.3) is 0 Å². The molecule has 0 aromatic heterocycles. The Kier molecular flexibility index (Phi) is 2.27. The van der Waals surface area contributed by atoms with Gasteiger partial charge >= 0.3 is 0 Å². The Bertz CT molecular complexity index is 136. The molecule has 0 radical (unpaired) electrons. The highest BCUT2D eigenvalue weighted by atomic mass is 16.5. The molecule has 0 spiro atoms. The molecule has 3 heteroatoms. The molecule has 1 amide bonds. The fourth-order valence-corrected chi connectivity index (χ4v) is 0.938. The van der Waals surface area contributed by atoms with Crippen molar-refractivity contribution in [2.45, 2.75) is 20.0 Å². The summed E-state index contributed by atoms with van der Waals surface area (Å²) in [6.07, 6.45) is 0.0579. The average Bonchev–Trinajstić information content (AvgIpc) is 2.04. The van der Waals surface area contributed by atoms with E-state index in [0.717, 1.165) is 0 Å². The molecule has 2 atom stereocenters. The summed E-state index contributed by atoms with van der Waals surface area (Å²) in [5.74, 6) is 0.0903. The summed E-state index contributed by atoms with van der Waals surface area (Å²) < 4.78 is 5.30. The SMILES string of the molecule is CC1OCCNC(=O)C1C. The minimum atomic E-state index is -0.0116. The monoisotopic (exact) mass is 143 g/mol. The van der Waals surface area contributed by atoms with Crippen LogP contribution < -0.4 is 5.32 Å². The van der Waals surface area contributed by atoms with Crippen molar-refractivity contribution in [3.8, 4) is 0 Å². The van der Waals surface area contributed by atoms with Gasteiger partial charge in [0.15, 0.2) is 0 Å². The second-order valence-electron chi connectivity index (χ2n) is 2.66. The molecule has 0 bridgehead atoms. The van der Waals surface area contributed by atoms with E-state index >= 15 is 0 Å². The molecule has 0 aromatic carbocycles. The lowest BCUT2D eigenvalue weighted by molar-refractivity contribution is -0.126. The number of nitrogens with one attached hydrogen (secondary N) is 1. The van der Waals surface area contributed by atoms with Crippen LogP contribution in [-0.2, 0) is 9.53 Å². The summed E-state index contributed by atoms with van der Waals surface area (Å²) in [5.41, 5.74) is 0. The van der Waals surface area contributed by atoms with Crippen molar-refractivity contribution < 1.29 is 9.53 Å². The number of carbonyl (C=O) groups is 1. The summed E-state index contributed by atoms with van der Waals surface area (Å²) in [5, 5.41) is 2.76. The Morgan fingerprint density at radius 2 is 2.30 bits per heavy atom. The normalized spacial score (nSPS) is 34.8. The molecule has 1 aliphatic heterocycles. The van der Waals surface area contributed by atoms with E-state index in [0.29, 0.717) is 13.2 Å². The Morgan fingerprint density at radius 1 is 1.60 bits per heavy atom. The van der Waals surface area contributed by atoms with Crippen molar-refractivity contribution in [2.24, 2.45) is 5.92 Å². The largest absolute Gasteiger partial charge is 0.376 e. The van der Waals surface area contributed by atoms with Gasteiger partial charge in [0, 0.05) is 6.54 Å². The van der Waals surface area contributed by atoms with Gasteiger partial charge < -0.3 is 10.1 Å². The summed E-state index contributed by atoms with van der Waals surface area (Å²) >= 11 is 0. The number of hydrogen-bond acceptors (Lipinski definition) is 2. The van der Waals surface area contributed by atoms with Gasteiger partial charge in [-0.15, -0.1) is 0 Å². The van der Waals surface area contributed by atoms with Crippen LogP contribution >= 0.6 is 0 Å². The van der Waals surface area contributed by atoms with Crippen molar-refractivity contribution in [2.75, 3.05) is 13.2 Å². The predicted molar refractivity (Wildman–Crippen MR) is 37.6 cm³/mol. The van der Waals surface area contributed by atoms with Crippen LogP contribution in [0.5, 0.6) is 0 Å². The van der Waals surface area contributed by atoms with Crippen LogP contribution in [0, 0.1) is 5.92 Å². The highest BCUT2D eigenvalue weighted by molar-refractivity contribution is 5.78. The van der Waals surface area contributed by atoms with Crippen molar-refractivity contribution in [1.29, 1.82) is 0 Å². The number of carbonyl (C=O) groups excluding carboxylic acids is 1. The lowest BCUT2D eigenvalue weighted by Crippen LogP contribution is -2.31. The lowest BCUT2D eigenvalue weighted by atomic mass is 10.1. The van der Waals surface area contributed by atoms with Crippen LogP contribution in [0.4, 0.5) is 0 Å². The molecular formula is C7H13NO2. The van der Waals surface area contributed by atoms with E-state index in [4.69, 9.17) is 4.74 Å². The van der Waals surface area contributed by atoms with Gasteiger partial charge in [-0.2, -0.15) is 0 Å². The predicted octanol–water partition coefficient (Wildman–Crippen LogP) is 0.157. The van der Waals surface area contributed by atoms with Crippen molar-refractivity contribution >= 4 is 5.91 Å². The highest BCUT2D eigenvalue weighted by Gasteiger charge is 2.22. The molecule has 0 aromatic rings. The van der Waals surface area contributed by atoms with Crippen molar-refractivity contribution in [1.82, 2.24) is 5.32 Å². The summed E-state index contributed by atoms with van der Waals surface area (Å²) in [6.45, 7) is 5.09. The minimum absolute atomic E-state index is 0.0116. The van der Waals surface area contributed by atoms with Gasteiger partial charge in [-0.3, -0.25) is 4.79 Å². The Hall–Kier alpha value is -0.570. The standard InChI is InChI=1S/C7H13NO2/c1-5-6(2)10-4-3-8-7(5)9/h5-6H,3-4H2,1-2H3,(H,8,9). The third-order valence-electron chi connectivity index (χ3n) is 1.90. The molecular weight excluding hydrogens is 130 g/mol. The molecule has 1 saturated heterocycles. The zero-order valence-electron chi connectivity index (χ0n) is 6.39. The second kappa shape index (κ2) is 3.01. The van der Waals surface area contributed by atoms with Gasteiger partial charge in [0.05, 0.1) is 18.6 Å². The van der Waals surface area contributed by atoms with E-state index in [9.17, 15) is 4.79 Å². The first-order chi connectivity index (χ1) is 4.72. The number of rotatable bonds is 0. The Labute approximate surface area is 60.7 Å². The molecule has 1 aliphatic rings. The van der Waals surface area contributed by atoms with Gasteiger partial charge in [0.25, 0.3) is 0 Å². The van der Waals surface area contributed by atoms with Crippen molar-refractivity contribution in [3.05, 3.63) is 0 Å². The second-order valence-corrected chi connectivity index (χ2v) is 2.66. The molecule has 0 aliphatic carbocycles. The van der Waals surface area contributed by atoms with E-state index in [2.05, 4.69) is 5.32 Å². The smallest absolute Gasteiger partial charge is 0.225 e. The number of amides is 1. The highest BCUT2D eigenvalue weighted by Crippen LogP contribution is 2.08. The fourth-order valence-electron chi connectivity index (χ4n) is 0.938. The minimum Gasteiger partial charge on any atom is -0.376 e. The topological polar surface area (TPSA) is 38.3 Å². The Balaban J connectivity index is 2.55. The summed E-state index contributed by atoms with van der Waals surface area (Å²) in [6, 6.07) is 0. The zero-order chi connectivity index (χ0) is 7.56. The third kappa shape index (κ3) is 1.48. The van der Waals surface area contributed by atoms with Crippen LogP contribution in [0.15, 0.2) is 0 Å².